The first-order valence-corrected chi connectivity index (χ1v) is 10.6. The number of quaternary nitrogens is 1. The minimum atomic E-state index is 0.0351. The van der Waals surface area contributed by atoms with Gasteiger partial charge in [0.05, 0.1) is 19.5 Å². The summed E-state index contributed by atoms with van der Waals surface area (Å²) in [5.74, 6) is 0.108. The number of nitrogens with one attached hydrogen (secondary N) is 3. The predicted octanol–water partition coefficient (Wildman–Crippen LogP) is 2.18. The van der Waals surface area contributed by atoms with Crippen LogP contribution in [0.5, 0.6) is 0 Å². The van der Waals surface area contributed by atoms with Crippen LogP contribution in [0.4, 0.5) is 5.69 Å². The molecule has 1 saturated heterocycles. The molecule has 1 fully saturated rings. The van der Waals surface area contributed by atoms with Crippen molar-refractivity contribution in [3.63, 3.8) is 0 Å². The predicted molar refractivity (Wildman–Crippen MR) is 119 cm³/mol. The molecule has 1 heterocycles. The van der Waals surface area contributed by atoms with Crippen LogP contribution in [0.3, 0.4) is 0 Å². The molecule has 5 heteroatoms. The molecule has 1 aliphatic heterocycles. The van der Waals surface area contributed by atoms with E-state index >= 15 is 0 Å². The van der Waals surface area contributed by atoms with Gasteiger partial charge in [0.25, 0.3) is 5.91 Å². The van der Waals surface area contributed by atoms with Crippen molar-refractivity contribution >= 4 is 28.3 Å². The van der Waals surface area contributed by atoms with Crippen LogP contribution in [0.2, 0.25) is 0 Å². The second kappa shape index (κ2) is 9.55. The van der Waals surface area contributed by atoms with Gasteiger partial charge in [-0.2, -0.15) is 0 Å². The first kappa shape index (κ1) is 20.1. The Morgan fingerprint density at radius 1 is 0.833 bits per heavy atom. The molecule has 1 aliphatic rings. The van der Waals surface area contributed by atoms with Crippen molar-refractivity contribution in [3.05, 3.63) is 78.4 Å². The van der Waals surface area contributed by atoms with Crippen molar-refractivity contribution in [3.8, 4) is 0 Å². The topological polar surface area (TPSA) is 62.6 Å². The molecule has 3 aromatic rings. The molecule has 0 unspecified atom stereocenters. The van der Waals surface area contributed by atoms with Gasteiger partial charge >= 0.3 is 0 Å². The molecule has 3 aromatic carbocycles. The standard InChI is InChI=1S/C25H27N3O2/c29-24(17-19-7-2-1-3-8-19)26-21-13-15-28(16-14-21)18-25(30)27-23-12-6-10-20-9-4-5-11-22(20)23/h1-12,21H,13-18H2,(H,26,29)(H,27,30)/p+1. The molecule has 30 heavy (non-hydrogen) atoms. The quantitative estimate of drug-likeness (QED) is 0.592. The monoisotopic (exact) mass is 402 g/mol. The minimum Gasteiger partial charge on any atom is -0.353 e. The van der Waals surface area contributed by atoms with Crippen LogP contribution in [0.15, 0.2) is 72.8 Å². The second-order valence-corrected chi connectivity index (χ2v) is 8.01. The second-order valence-electron chi connectivity index (χ2n) is 8.01. The number of benzene rings is 3. The zero-order valence-corrected chi connectivity index (χ0v) is 17.1. The lowest BCUT2D eigenvalue weighted by molar-refractivity contribution is -0.897. The van der Waals surface area contributed by atoms with Gasteiger partial charge < -0.3 is 15.5 Å². The van der Waals surface area contributed by atoms with Crippen LogP contribution in [0, 0.1) is 0 Å². The van der Waals surface area contributed by atoms with Gasteiger partial charge in [0.1, 0.15) is 0 Å². The van der Waals surface area contributed by atoms with Crippen LogP contribution < -0.4 is 15.5 Å². The normalized spacial score (nSPS) is 18.7. The Kier molecular flexibility index (Phi) is 6.40. The van der Waals surface area contributed by atoms with E-state index in [0.29, 0.717) is 13.0 Å². The summed E-state index contributed by atoms with van der Waals surface area (Å²) in [7, 11) is 0. The van der Waals surface area contributed by atoms with E-state index in [1.54, 1.807) is 0 Å². The lowest BCUT2D eigenvalue weighted by Gasteiger charge is -2.29. The largest absolute Gasteiger partial charge is 0.353 e. The number of amides is 2. The number of likely N-dealkylation sites (tertiary alicyclic amines) is 1. The number of piperidine rings is 1. The number of carbonyl (C=O) groups excluding carboxylic acids is 2. The molecular formula is C25H28N3O2+. The maximum absolute atomic E-state index is 12.6. The van der Waals surface area contributed by atoms with E-state index < -0.39 is 0 Å². The molecule has 2 amide bonds. The molecule has 0 aromatic heterocycles. The lowest BCUT2D eigenvalue weighted by atomic mass is 10.0. The zero-order chi connectivity index (χ0) is 20.8. The smallest absolute Gasteiger partial charge is 0.279 e. The fourth-order valence-corrected chi connectivity index (χ4v) is 4.16. The van der Waals surface area contributed by atoms with Crippen LogP contribution in [0.1, 0.15) is 18.4 Å². The molecule has 4 rings (SSSR count). The Labute approximate surface area is 177 Å². The van der Waals surface area contributed by atoms with Crippen LogP contribution in [-0.2, 0) is 16.0 Å². The van der Waals surface area contributed by atoms with Gasteiger partial charge in [-0.1, -0.05) is 66.7 Å². The van der Waals surface area contributed by atoms with Crippen molar-refractivity contribution in [1.29, 1.82) is 0 Å². The minimum absolute atomic E-state index is 0.0351. The maximum Gasteiger partial charge on any atom is 0.279 e. The number of rotatable bonds is 6. The summed E-state index contributed by atoms with van der Waals surface area (Å²) in [5.41, 5.74) is 1.89. The first-order valence-electron chi connectivity index (χ1n) is 10.6. The summed E-state index contributed by atoms with van der Waals surface area (Å²) in [6.45, 7) is 2.23. The van der Waals surface area contributed by atoms with Crippen LogP contribution in [0.25, 0.3) is 10.8 Å². The number of hydrogen-bond acceptors (Lipinski definition) is 2. The SMILES string of the molecule is O=C(C[NH+]1CCC(NC(=O)Cc2ccccc2)CC1)Nc1cccc2ccccc12. The van der Waals surface area contributed by atoms with E-state index in [9.17, 15) is 9.59 Å². The molecule has 0 bridgehead atoms. The van der Waals surface area contributed by atoms with E-state index in [1.165, 1.54) is 4.90 Å². The Morgan fingerprint density at radius 3 is 2.33 bits per heavy atom. The van der Waals surface area contributed by atoms with Gasteiger partial charge in [0.2, 0.25) is 5.91 Å². The third-order valence-electron chi connectivity index (χ3n) is 5.74. The summed E-state index contributed by atoms with van der Waals surface area (Å²) < 4.78 is 0. The zero-order valence-electron chi connectivity index (χ0n) is 17.1. The van der Waals surface area contributed by atoms with Crippen molar-refractivity contribution in [2.75, 3.05) is 25.0 Å². The van der Waals surface area contributed by atoms with Crippen molar-refractivity contribution in [1.82, 2.24) is 5.32 Å². The number of anilines is 1. The van der Waals surface area contributed by atoms with Gasteiger partial charge in [-0.05, 0) is 17.0 Å². The summed E-state index contributed by atoms with van der Waals surface area (Å²) in [6, 6.07) is 24.0. The molecule has 0 spiro atoms. The average Bonchev–Trinajstić information content (AvgIpc) is 2.76. The number of hydrogen-bond donors (Lipinski definition) is 3. The van der Waals surface area contributed by atoms with E-state index in [2.05, 4.69) is 10.6 Å². The third-order valence-corrected chi connectivity index (χ3v) is 5.74. The molecule has 0 radical (unpaired) electrons. The maximum atomic E-state index is 12.6. The molecule has 0 aliphatic carbocycles. The molecule has 154 valence electrons. The van der Waals surface area contributed by atoms with Gasteiger partial charge in [-0.3, -0.25) is 9.59 Å². The molecule has 0 saturated carbocycles. The van der Waals surface area contributed by atoms with Gasteiger partial charge in [0, 0.05) is 30.0 Å². The highest BCUT2D eigenvalue weighted by molar-refractivity contribution is 6.02. The highest BCUT2D eigenvalue weighted by Crippen LogP contribution is 2.22. The fourth-order valence-electron chi connectivity index (χ4n) is 4.16. The van der Waals surface area contributed by atoms with Crippen LogP contribution in [-0.4, -0.2) is 37.5 Å². The third kappa shape index (κ3) is 5.24. The van der Waals surface area contributed by atoms with E-state index in [-0.39, 0.29) is 17.9 Å². The highest BCUT2D eigenvalue weighted by Gasteiger charge is 2.25. The average molecular weight is 403 g/mol. The summed E-state index contributed by atoms with van der Waals surface area (Å²) >= 11 is 0. The number of fused-ring (bicyclic) bond motifs is 1. The van der Waals surface area contributed by atoms with Crippen molar-refractivity contribution in [2.45, 2.75) is 25.3 Å². The number of carbonyl (C=O) groups is 2. The van der Waals surface area contributed by atoms with Gasteiger partial charge in [0.15, 0.2) is 6.54 Å². The molecular weight excluding hydrogens is 374 g/mol. The van der Waals surface area contributed by atoms with E-state index in [1.807, 2.05) is 72.8 Å². The van der Waals surface area contributed by atoms with Crippen molar-refractivity contribution < 1.29 is 14.5 Å². The molecule has 5 nitrogen and oxygen atoms in total. The lowest BCUT2D eigenvalue weighted by Crippen LogP contribution is -3.14. The Morgan fingerprint density at radius 2 is 1.53 bits per heavy atom. The Bertz CT molecular complexity index is 1010. The summed E-state index contributed by atoms with van der Waals surface area (Å²) in [5, 5.41) is 8.40. The van der Waals surface area contributed by atoms with Gasteiger partial charge in [-0.25, -0.2) is 0 Å². The first-order chi connectivity index (χ1) is 14.7. The van der Waals surface area contributed by atoms with E-state index in [4.69, 9.17) is 0 Å². The molecule has 3 N–H and O–H groups in total. The fraction of sp³-hybridized carbons (Fsp3) is 0.280. The Balaban J connectivity index is 1.23. The Hall–Kier alpha value is -3.18. The van der Waals surface area contributed by atoms with Crippen LogP contribution >= 0.6 is 0 Å². The summed E-state index contributed by atoms with van der Waals surface area (Å²) in [4.78, 5) is 26.1. The van der Waals surface area contributed by atoms with E-state index in [0.717, 1.165) is 48.0 Å². The van der Waals surface area contributed by atoms with Gasteiger partial charge in [-0.15, -0.1) is 0 Å². The molecule has 0 atom stereocenters. The van der Waals surface area contributed by atoms with Crippen molar-refractivity contribution in [2.24, 2.45) is 0 Å². The highest BCUT2D eigenvalue weighted by atomic mass is 16.2. The summed E-state index contributed by atoms with van der Waals surface area (Å²) in [6.07, 6.45) is 2.22.